The van der Waals surface area contributed by atoms with Gasteiger partial charge in [-0.1, -0.05) is 11.3 Å². The van der Waals surface area contributed by atoms with Crippen molar-refractivity contribution in [3.63, 3.8) is 0 Å². The van der Waals surface area contributed by atoms with E-state index >= 15 is 0 Å². The molecule has 1 aliphatic carbocycles. The van der Waals surface area contributed by atoms with Crippen LogP contribution in [0.5, 0.6) is 0 Å². The van der Waals surface area contributed by atoms with Gasteiger partial charge in [-0.25, -0.2) is 4.79 Å². The van der Waals surface area contributed by atoms with Crippen LogP contribution in [0.3, 0.4) is 0 Å². The van der Waals surface area contributed by atoms with Crippen molar-refractivity contribution in [2.45, 2.75) is 17.6 Å². The Bertz CT molecular complexity index is 662. The Hall–Kier alpha value is -1.80. The number of anilines is 1. The molecular formula is C14H16N4O2S2. The molecule has 0 saturated heterocycles. The van der Waals surface area contributed by atoms with Gasteiger partial charge in [0.25, 0.3) is 0 Å². The summed E-state index contributed by atoms with van der Waals surface area (Å²) in [5, 5.41) is 14.7. The van der Waals surface area contributed by atoms with Crippen LogP contribution in [0.1, 0.15) is 23.6 Å². The number of urea groups is 1. The van der Waals surface area contributed by atoms with Crippen molar-refractivity contribution in [2.24, 2.45) is 0 Å². The van der Waals surface area contributed by atoms with Crippen molar-refractivity contribution < 1.29 is 9.21 Å². The number of hydrogen-bond donors (Lipinski definition) is 2. The Morgan fingerprint density at radius 2 is 2.36 bits per heavy atom. The third-order valence-corrected chi connectivity index (χ3v) is 5.63. The van der Waals surface area contributed by atoms with Crippen LogP contribution < -0.4 is 10.6 Å². The summed E-state index contributed by atoms with van der Waals surface area (Å²) in [6.45, 7) is 0.685. The van der Waals surface area contributed by atoms with Crippen LogP contribution in [0.2, 0.25) is 0 Å². The molecule has 1 fully saturated rings. The van der Waals surface area contributed by atoms with Crippen molar-refractivity contribution >= 4 is 46.4 Å². The lowest BCUT2D eigenvalue weighted by Gasteiger charge is -2.12. The molecule has 0 radical (unpaired) electrons. The van der Waals surface area contributed by atoms with Crippen LogP contribution in [0.15, 0.2) is 22.8 Å². The van der Waals surface area contributed by atoms with E-state index in [0.29, 0.717) is 16.7 Å². The van der Waals surface area contributed by atoms with E-state index < -0.39 is 0 Å². The number of nitrogens with one attached hydrogen (secondary N) is 2. The maximum absolute atomic E-state index is 11.8. The number of nitrogens with zero attached hydrogens (tertiary/aromatic N) is 2. The molecule has 1 aliphatic rings. The van der Waals surface area contributed by atoms with Crippen LogP contribution in [0.25, 0.3) is 12.2 Å². The van der Waals surface area contributed by atoms with Gasteiger partial charge in [0, 0.05) is 11.3 Å². The van der Waals surface area contributed by atoms with Gasteiger partial charge in [0.1, 0.15) is 10.8 Å². The predicted octanol–water partition coefficient (Wildman–Crippen LogP) is 3.32. The number of carbonyl (C=O) groups is 1. The molecule has 2 N–H and O–H groups in total. The molecule has 0 aliphatic heterocycles. The van der Waals surface area contributed by atoms with Gasteiger partial charge in [-0.3, -0.25) is 5.32 Å². The molecule has 0 aromatic carbocycles. The number of furan rings is 1. The standard InChI is InChI=1S/C14H16N4O2S2/c1-21-14(6-7-14)9-15-12(19)16-13-18-17-11(22-13)5-4-10-3-2-8-20-10/h2-5,8H,6-7,9H2,1H3,(H2,15,16,18,19). The van der Waals surface area contributed by atoms with Crippen molar-refractivity contribution in [3.8, 4) is 0 Å². The number of aromatic nitrogens is 2. The van der Waals surface area contributed by atoms with E-state index in [1.54, 1.807) is 18.4 Å². The number of hydrogen-bond acceptors (Lipinski definition) is 6. The molecule has 0 bridgehead atoms. The summed E-state index contributed by atoms with van der Waals surface area (Å²) >= 11 is 3.12. The highest BCUT2D eigenvalue weighted by Crippen LogP contribution is 2.46. The second-order valence-corrected chi connectivity index (χ2v) is 7.27. The summed E-state index contributed by atoms with van der Waals surface area (Å²) in [6.07, 6.45) is 9.61. The minimum atomic E-state index is -0.238. The Labute approximate surface area is 136 Å². The lowest BCUT2D eigenvalue weighted by atomic mass is 10.4. The number of amides is 2. The van der Waals surface area contributed by atoms with Gasteiger partial charge < -0.3 is 9.73 Å². The first kappa shape index (κ1) is 15.1. The van der Waals surface area contributed by atoms with E-state index in [1.807, 2.05) is 23.9 Å². The normalized spacial score (nSPS) is 15.9. The molecule has 116 valence electrons. The molecule has 3 rings (SSSR count). The summed E-state index contributed by atoms with van der Waals surface area (Å²) in [6, 6.07) is 3.43. The van der Waals surface area contributed by atoms with E-state index in [1.165, 1.54) is 11.3 Å². The molecule has 6 nitrogen and oxygen atoms in total. The average molecular weight is 336 g/mol. The predicted molar refractivity (Wildman–Crippen MR) is 90.0 cm³/mol. The average Bonchev–Trinajstić information content (AvgIpc) is 2.91. The fraction of sp³-hybridized carbons (Fsp3) is 0.357. The first-order valence-corrected chi connectivity index (χ1v) is 8.88. The van der Waals surface area contributed by atoms with Crippen LogP contribution in [-0.4, -0.2) is 33.8 Å². The fourth-order valence-corrected chi connectivity index (χ4v) is 3.24. The highest BCUT2D eigenvalue weighted by Gasteiger charge is 2.41. The van der Waals surface area contributed by atoms with Gasteiger partial charge in [0.15, 0.2) is 0 Å². The topological polar surface area (TPSA) is 80.0 Å². The van der Waals surface area contributed by atoms with E-state index in [4.69, 9.17) is 4.42 Å². The van der Waals surface area contributed by atoms with Crippen molar-refractivity contribution in [1.82, 2.24) is 15.5 Å². The van der Waals surface area contributed by atoms with E-state index in [2.05, 4.69) is 27.1 Å². The van der Waals surface area contributed by atoms with Crippen LogP contribution in [-0.2, 0) is 0 Å². The molecule has 8 heteroatoms. The number of rotatable bonds is 6. The number of carbonyl (C=O) groups excluding carboxylic acids is 1. The molecule has 22 heavy (non-hydrogen) atoms. The molecule has 2 heterocycles. The van der Waals surface area contributed by atoms with E-state index in [0.717, 1.165) is 18.6 Å². The maximum atomic E-state index is 11.8. The molecule has 1 saturated carbocycles. The van der Waals surface area contributed by atoms with Gasteiger partial charge in [-0.15, -0.1) is 10.2 Å². The zero-order valence-electron chi connectivity index (χ0n) is 12.0. The Morgan fingerprint density at radius 3 is 3.05 bits per heavy atom. The molecule has 0 unspecified atom stereocenters. The lowest BCUT2D eigenvalue weighted by Crippen LogP contribution is -2.35. The largest absolute Gasteiger partial charge is 0.465 e. The van der Waals surface area contributed by atoms with E-state index in [-0.39, 0.29) is 10.8 Å². The Kier molecular flexibility index (Phi) is 4.49. The molecule has 0 atom stereocenters. The maximum Gasteiger partial charge on any atom is 0.321 e. The number of thioether (sulfide) groups is 1. The van der Waals surface area contributed by atoms with Crippen molar-refractivity contribution in [1.29, 1.82) is 0 Å². The first-order valence-electron chi connectivity index (χ1n) is 6.84. The third kappa shape index (κ3) is 3.89. The highest BCUT2D eigenvalue weighted by molar-refractivity contribution is 8.00. The van der Waals surface area contributed by atoms with Crippen LogP contribution >= 0.6 is 23.1 Å². The minimum Gasteiger partial charge on any atom is -0.465 e. The highest BCUT2D eigenvalue weighted by atomic mass is 32.2. The lowest BCUT2D eigenvalue weighted by molar-refractivity contribution is 0.252. The first-order chi connectivity index (χ1) is 10.7. The van der Waals surface area contributed by atoms with Gasteiger partial charge in [0.2, 0.25) is 5.13 Å². The zero-order valence-corrected chi connectivity index (χ0v) is 13.7. The summed E-state index contributed by atoms with van der Waals surface area (Å²) in [5.41, 5.74) is 0. The van der Waals surface area contributed by atoms with E-state index in [9.17, 15) is 4.79 Å². The van der Waals surface area contributed by atoms with Crippen molar-refractivity contribution in [3.05, 3.63) is 29.2 Å². The SMILES string of the molecule is CSC1(CNC(=O)Nc2nnc(C=Cc3ccco3)s2)CC1. The molecule has 2 aromatic rings. The molecule has 0 spiro atoms. The summed E-state index contributed by atoms with van der Waals surface area (Å²) in [7, 11) is 0. The second kappa shape index (κ2) is 6.53. The van der Waals surface area contributed by atoms with Gasteiger partial charge >= 0.3 is 6.03 Å². The molecule has 2 aromatic heterocycles. The zero-order chi connectivity index (χ0) is 15.4. The quantitative estimate of drug-likeness (QED) is 0.846. The van der Waals surface area contributed by atoms with Gasteiger partial charge in [-0.2, -0.15) is 11.8 Å². The second-order valence-electron chi connectivity index (χ2n) is 4.99. The molecule has 2 amide bonds. The smallest absolute Gasteiger partial charge is 0.321 e. The fourth-order valence-electron chi connectivity index (χ4n) is 1.87. The molecular weight excluding hydrogens is 320 g/mol. The Morgan fingerprint density at radius 1 is 1.50 bits per heavy atom. The van der Waals surface area contributed by atoms with Crippen LogP contribution in [0.4, 0.5) is 9.93 Å². The van der Waals surface area contributed by atoms with Gasteiger partial charge in [-0.05, 0) is 43.4 Å². The minimum absolute atomic E-state index is 0.238. The summed E-state index contributed by atoms with van der Waals surface area (Å²) in [4.78, 5) is 11.8. The summed E-state index contributed by atoms with van der Waals surface area (Å²) < 4.78 is 5.44. The van der Waals surface area contributed by atoms with Gasteiger partial charge in [0.05, 0.1) is 6.26 Å². The Balaban J connectivity index is 1.49. The van der Waals surface area contributed by atoms with Crippen molar-refractivity contribution in [2.75, 3.05) is 18.1 Å². The third-order valence-electron chi connectivity index (χ3n) is 3.41. The monoisotopic (exact) mass is 336 g/mol. The summed E-state index contributed by atoms with van der Waals surface area (Å²) in [5.74, 6) is 0.745. The van der Waals surface area contributed by atoms with Crippen LogP contribution in [0, 0.1) is 0 Å².